The van der Waals surface area contributed by atoms with E-state index in [9.17, 15) is 4.79 Å². The minimum Gasteiger partial charge on any atom is -0.409 e. The van der Waals surface area contributed by atoms with E-state index in [0.717, 1.165) is 24.1 Å². The molecule has 6 heteroatoms. The lowest BCUT2D eigenvalue weighted by atomic mass is 9.96. The van der Waals surface area contributed by atoms with Crippen molar-refractivity contribution in [1.82, 2.24) is 5.32 Å². The number of nitrogens with one attached hydrogen (secondary N) is 2. The molecule has 1 aromatic rings. The number of amidine groups is 1. The maximum atomic E-state index is 11.9. The number of oxime groups is 1. The number of carbonyl (C=O) groups excluding carboxylic acids is 1. The van der Waals surface area contributed by atoms with Crippen LogP contribution in [0.4, 0.5) is 10.5 Å². The van der Waals surface area contributed by atoms with Gasteiger partial charge in [-0.1, -0.05) is 36.6 Å². The quantitative estimate of drug-likeness (QED) is 0.296. The third kappa shape index (κ3) is 4.98. The van der Waals surface area contributed by atoms with Crippen molar-refractivity contribution in [1.29, 1.82) is 0 Å². The Morgan fingerprint density at radius 3 is 2.52 bits per heavy atom. The molecule has 0 saturated heterocycles. The first-order valence-corrected chi connectivity index (χ1v) is 7.30. The van der Waals surface area contributed by atoms with Crippen LogP contribution in [0.5, 0.6) is 0 Å². The summed E-state index contributed by atoms with van der Waals surface area (Å²) in [5.41, 5.74) is 7.10. The van der Waals surface area contributed by atoms with E-state index in [1.807, 2.05) is 12.1 Å². The minimum atomic E-state index is -0.161. The number of nitrogens with two attached hydrogens (primary N) is 1. The van der Waals surface area contributed by atoms with Crippen LogP contribution in [0.3, 0.4) is 0 Å². The van der Waals surface area contributed by atoms with Crippen LogP contribution in [-0.2, 0) is 6.42 Å². The molecule has 21 heavy (non-hydrogen) atoms. The van der Waals surface area contributed by atoms with Gasteiger partial charge in [0.05, 0.1) is 0 Å². The zero-order valence-corrected chi connectivity index (χ0v) is 12.0. The molecule has 0 aliphatic heterocycles. The predicted molar refractivity (Wildman–Crippen MR) is 82.6 cm³/mol. The predicted octanol–water partition coefficient (Wildman–Crippen LogP) is 2.43. The second-order valence-corrected chi connectivity index (χ2v) is 5.40. The van der Waals surface area contributed by atoms with Crippen LogP contribution < -0.4 is 16.4 Å². The number of benzene rings is 1. The number of hydrogen-bond acceptors (Lipinski definition) is 3. The van der Waals surface area contributed by atoms with E-state index in [1.54, 1.807) is 12.1 Å². The lowest BCUT2D eigenvalue weighted by Gasteiger charge is -2.22. The van der Waals surface area contributed by atoms with E-state index >= 15 is 0 Å². The Morgan fingerprint density at radius 1 is 1.24 bits per heavy atom. The first-order valence-electron chi connectivity index (χ1n) is 7.30. The fraction of sp³-hybridized carbons (Fsp3) is 0.467. The second kappa shape index (κ2) is 7.52. The van der Waals surface area contributed by atoms with Gasteiger partial charge in [0.2, 0.25) is 0 Å². The molecule has 1 aliphatic carbocycles. The first-order chi connectivity index (χ1) is 10.2. The van der Waals surface area contributed by atoms with E-state index in [-0.39, 0.29) is 11.9 Å². The second-order valence-electron chi connectivity index (χ2n) is 5.40. The van der Waals surface area contributed by atoms with Gasteiger partial charge in [0, 0.05) is 18.2 Å². The number of anilines is 1. The molecular weight excluding hydrogens is 268 g/mol. The van der Waals surface area contributed by atoms with Gasteiger partial charge in [-0.15, -0.1) is 0 Å². The summed E-state index contributed by atoms with van der Waals surface area (Å²) < 4.78 is 0. The number of rotatable bonds is 4. The van der Waals surface area contributed by atoms with Crippen molar-refractivity contribution in [3.05, 3.63) is 29.8 Å². The van der Waals surface area contributed by atoms with E-state index < -0.39 is 0 Å². The van der Waals surface area contributed by atoms with Crippen LogP contribution >= 0.6 is 0 Å². The molecule has 1 aliphatic rings. The summed E-state index contributed by atoms with van der Waals surface area (Å²) >= 11 is 0. The average Bonchev–Trinajstić information content (AvgIpc) is 2.50. The maximum absolute atomic E-state index is 11.9. The molecule has 5 N–H and O–H groups in total. The van der Waals surface area contributed by atoms with Gasteiger partial charge in [-0.3, -0.25) is 0 Å². The zero-order chi connectivity index (χ0) is 15.1. The van der Waals surface area contributed by atoms with Gasteiger partial charge in [-0.05, 0) is 30.5 Å². The Hall–Kier alpha value is -2.24. The highest BCUT2D eigenvalue weighted by atomic mass is 16.4. The molecule has 1 fully saturated rings. The molecule has 6 nitrogen and oxygen atoms in total. The monoisotopic (exact) mass is 290 g/mol. The van der Waals surface area contributed by atoms with Gasteiger partial charge >= 0.3 is 6.03 Å². The molecule has 0 radical (unpaired) electrons. The molecular formula is C15H22N4O2. The van der Waals surface area contributed by atoms with Gasteiger partial charge in [-0.2, -0.15) is 0 Å². The summed E-state index contributed by atoms with van der Waals surface area (Å²) in [6.45, 7) is 0. The number of urea groups is 1. The molecule has 2 amide bonds. The van der Waals surface area contributed by atoms with Gasteiger partial charge in [0.15, 0.2) is 0 Å². The average molecular weight is 290 g/mol. The highest BCUT2D eigenvalue weighted by Crippen LogP contribution is 2.17. The molecule has 0 heterocycles. The summed E-state index contributed by atoms with van der Waals surface area (Å²) in [4.78, 5) is 11.9. The van der Waals surface area contributed by atoms with Crippen molar-refractivity contribution >= 4 is 17.6 Å². The topological polar surface area (TPSA) is 99.7 Å². The van der Waals surface area contributed by atoms with E-state index in [4.69, 9.17) is 10.9 Å². The van der Waals surface area contributed by atoms with Crippen LogP contribution in [0, 0.1) is 0 Å². The van der Waals surface area contributed by atoms with E-state index in [0.29, 0.717) is 12.5 Å². The normalized spacial score (nSPS) is 16.5. The van der Waals surface area contributed by atoms with Gasteiger partial charge < -0.3 is 21.6 Å². The summed E-state index contributed by atoms with van der Waals surface area (Å²) in [6, 6.07) is 7.42. The number of nitrogens with zero attached hydrogens (tertiary/aromatic N) is 1. The SMILES string of the molecule is NC(Cc1ccc(NC(=O)NC2CCCCC2)cc1)=NO. The van der Waals surface area contributed by atoms with E-state index in [2.05, 4.69) is 15.8 Å². The summed E-state index contributed by atoms with van der Waals surface area (Å²) in [7, 11) is 0. The smallest absolute Gasteiger partial charge is 0.319 e. The minimum absolute atomic E-state index is 0.158. The van der Waals surface area contributed by atoms with Crippen LogP contribution in [0.2, 0.25) is 0 Å². The summed E-state index contributed by atoms with van der Waals surface area (Å²) in [6.07, 6.45) is 6.14. The van der Waals surface area contributed by atoms with Crippen LogP contribution in [0.25, 0.3) is 0 Å². The first kappa shape index (κ1) is 15.2. The molecule has 0 spiro atoms. The lowest BCUT2D eigenvalue weighted by Crippen LogP contribution is -2.39. The molecule has 0 bridgehead atoms. The van der Waals surface area contributed by atoms with E-state index in [1.165, 1.54) is 19.3 Å². The molecule has 0 aromatic heterocycles. The highest BCUT2D eigenvalue weighted by molar-refractivity contribution is 5.89. The zero-order valence-electron chi connectivity index (χ0n) is 12.0. The molecule has 1 aromatic carbocycles. The fourth-order valence-corrected chi connectivity index (χ4v) is 2.55. The number of carbonyl (C=O) groups is 1. The van der Waals surface area contributed by atoms with Crippen molar-refractivity contribution in [3.63, 3.8) is 0 Å². The van der Waals surface area contributed by atoms with Gasteiger partial charge in [0.25, 0.3) is 0 Å². The Balaban J connectivity index is 1.83. The molecule has 114 valence electrons. The molecule has 1 saturated carbocycles. The third-order valence-corrected chi connectivity index (χ3v) is 3.67. The van der Waals surface area contributed by atoms with Crippen molar-refractivity contribution in [2.75, 3.05) is 5.32 Å². The fourth-order valence-electron chi connectivity index (χ4n) is 2.55. The van der Waals surface area contributed by atoms with Crippen LogP contribution in [0.1, 0.15) is 37.7 Å². The Morgan fingerprint density at radius 2 is 1.90 bits per heavy atom. The molecule has 0 atom stereocenters. The van der Waals surface area contributed by atoms with Crippen molar-refractivity contribution in [3.8, 4) is 0 Å². The van der Waals surface area contributed by atoms with Gasteiger partial charge in [-0.25, -0.2) is 4.79 Å². The largest absolute Gasteiger partial charge is 0.409 e. The lowest BCUT2D eigenvalue weighted by molar-refractivity contribution is 0.244. The van der Waals surface area contributed by atoms with Gasteiger partial charge in [0.1, 0.15) is 5.84 Å². The highest BCUT2D eigenvalue weighted by Gasteiger charge is 2.15. The standard InChI is InChI=1S/C15H22N4O2/c16-14(19-21)10-11-6-8-13(9-7-11)18-15(20)17-12-4-2-1-3-5-12/h6-9,12,21H,1-5,10H2,(H2,16,19)(H2,17,18,20). The molecule has 0 unspecified atom stereocenters. The number of hydrogen-bond donors (Lipinski definition) is 4. The molecule has 2 rings (SSSR count). The summed E-state index contributed by atoms with van der Waals surface area (Å²) in [5, 5.41) is 17.3. The third-order valence-electron chi connectivity index (χ3n) is 3.67. The van der Waals surface area contributed by atoms with Crippen LogP contribution in [-0.4, -0.2) is 23.1 Å². The van der Waals surface area contributed by atoms with Crippen molar-refractivity contribution in [2.45, 2.75) is 44.6 Å². The van der Waals surface area contributed by atoms with Crippen molar-refractivity contribution < 1.29 is 10.0 Å². The summed E-state index contributed by atoms with van der Waals surface area (Å²) in [5.74, 6) is 0.158. The maximum Gasteiger partial charge on any atom is 0.319 e. The van der Waals surface area contributed by atoms with Crippen molar-refractivity contribution in [2.24, 2.45) is 10.9 Å². The van der Waals surface area contributed by atoms with Crippen LogP contribution in [0.15, 0.2) is 29.4 Å². The number of amides is 2. The Kier molecular flexibility index (Phi) is 5.43. The Bertz CT molecular complexity index is 493. The Labute approximate surface area is 124 Å².